The number of nitrogens with zero attached hydrogens (tertiary/aromatic N) is 1. The van der Waals surface area contributed by atoms with Crippen LogP contribution in [0.4, 0.5) is 0 Å². The van der Waals surface area contributed by atoms with Gasteiger partial charge in [-0.3, -0.25) is 4.79 Å². The van der Waals surface area contributed by atoms with Crippen molar-refractivity contribution in [3.05, 3.63) is 87.4 Å². The van der Waals surface area contributed by atoms with Gasteiger partial charge in [0.15, 0.2) is 0 Å². The molecule has 3 aromatic carbocycles. The molecule has 156 valence electrons. The number of hydrogen-bond acceptors (Lipinski definition) is 4. The number of esters is 1. The lowest BCUT2D eigenvalue weighted by atomic mass is 10.0. The second-order valence-corrected chi connectivity index (χ2v) is 8.30. The zero-order valence-corrected chi connectivity index (χ0v) is 18.9. The maximum Gasteiger partial charge on any atom is 0.328 e. The minimum atomic E-state index is -0.891. The molecule has 0 unspecified atom stereocenters. The topological polar surface area (TPSA) is 68.3 Å². The van der Waals surface area contributed by atoms with E-state index in [1.165, 1.54) is 7.11 Å². The summed E-state index contributed by atoms with van der Waals surface area (Å²) in [7, 11) is 1.30. The van der Waals surface area contributed by atoms with E-state index >= 15 is 0 Å². The van der Waals surface area contributed by atoms with Crippen LogP contribution in [0, 0.1) is 0 Å². The van der Waals surface area contributed by atoms with Gasteiger partial charge in [0, 0.05) is 26.7 Å². The lowest BCUT2D eigenvalue weighted by Crippen LogP contribution is -2.43. The third-order valence-electron chi connectivity index (χ3n) is 5.04. The highest BCUT2D eigenvalue weighted by atomic mass is 79.9. The molecule has 0 radical (unpaired) electrons. The standard InChI is InChI=1S/C24H18BrClN2O3/c1-31-24(30)21(13-14-12-15(26)10-11-18(14)25)28-23(29)22-16-6-2-4-8-19(16)27-20-9-5-3-7-17(20)22/h2-12,21H,13H2,1H3,(H,28,29)/t21-/m1/s1. The molecule has 0 saturated carbocycles. The molecule has 0 aliphatic carbocycles. The summed E-state index contributed by atoms with van der Waals surface area (Å²) < 4.78 is 5.74. The summed E-state index contributed by atoms with van der Waals surface area (Å²) in [6.45, 7) is 0. The van der Waals surface area contributed by atoms with Crippen LogP contribution in [0.25, 0.3) is 21.8 Å². The number of rotatable bonds is 5. The maximum absolute atomic E-state index is 13.5. The molecular weight excluding hydrogens is 480 g/mol. The van der Waals surface area contributed by atoms with Crippen molar-refractivity contribution in [2.45, 2.75) is 12.5 Å². The molecule has 1 amide bonds. The summed E-state index contributed by atoms with van der Waals surface area (Å²) in [5.41, 5.74) is 2.67. The molecule has 0 spiro atoms. The monoisotopic (exact) mass is 496 g/mol. The lowest BCUT2D eigenvalue weighted by molar-refractivity contribution is -0.142. The first-order valence-electron chi connectivity index (χ1n) is 9.58. The fraction of sp³-hybridized carbons (Fsp3) is 0.125. The molecule has 5 nitrogen and oxygen atoms in total. The van der Waals surface area contributed by atoms with E-state index in [1.807, 2.05) is 48.5 Å². The van der Waals surface area contributed by atoms with Crippen LogP contribution in [0.15, 0.2) is 71.2 Å². The average Bonchev–Trinajstić information content (AvgIpc) is 2.78. The number of carbonyl (C=O) groups is 2. The van der Waals surface area contributed by atoms with Crippen LogP contribution in [0.1, 0.15) is 15.9 Å². The highest BCUT2D eigenvalue weighted by Crippen LogP contribution is 2.27. The molecule has 4 aromatic rings. The number of amides is 1. The fourth-order valence-electron chi connectivity index (χ4n) is 3.57. The molecular formula is C24H18BrClN2O3. The van der Waals surface area contributed by atoms with Gasteiger partial charge >= 0.3 is 5.97 Å². The summed E-state index contributed by atoms with van der Waals surface area (Å²) in [6, 6.07) is 19.3. The quantitative estimate of drug-likeness (QED) is 0.299. The molecule has 0 bridgehead atoms. The van der Waals surface area contributed by atoms with E-state index in [4.69, 9.17) is 16.3 Å². The third-order valence-corrected chi connectivity index (χ3v) is 6.05. The van der Waals surface area contributed by atoms with Crippen LogP contribution in [0.2, 0.25) is 5.02 Å². The zero-order chi connectivity index (χ0) is 22.0. The Labute approximate surface area is 192 Å². The van der Waals surface area contributed by atoms with Gasteiger partial charge in [-0.15, -0.1) is 0 Å². The smallest absolute Gasteiger partial charge is 0.328 e. The highest BCUT2D eigenvalue weighted by Gasteiger charge is 2.25. The number of hydrogen-bond donors (Lipinski definition) is 1. The summed E-state index contributed by atoms with van der Waals surface area (Å²) >= 11 is 9.59. The molecule has 0 fully saturated rings. The van der Waals surface area contributed by atoms with Crippen molar-refractivity contribution in [3.63, 3.8) is 0 Å². The predicted octanol–water partition coefficient (Wildman–Crippen LogP) is 5.32. The van der Waals surface area contributed by atoms with Crippen molar-refractivity contribution in [2.24, 2.45) is 0 Å². The molecule has 1 heterocycles. The summed E-state index contributed by atoms with van der Waals surface area (Å²) in [6.07, 6.45) is 0.223. The largest absolute Gasteiger partial charge is 0.467 e. The molecule has 0 aliphatic heterocycles. The fourth-order valence-corrected chi connectivity index (χ4v) is 4.17. The van der Waals surface area contributed by atoms with E-state index in [-0.39, 0.29) is 12.3 Å². The first-order valence-corrected chi connectivity index (χ1v) is 10.7. The Bertz CT molecular complexity index is 1250. The van der Waals surface area contributed by atoms with Gasteiger partial charge in [-0.25, -0.2) is 9.78 Å². The van der Waals surface area contributed by atoms with E-state index in [2.05, 4.69) is 26.2 Å². The van der Waals surface area contributed by atoms with Crippen molar-refractivity contribution in [2.75, 3.05) is 7.11 Å². The Morgan fingerprint density at radius 3 is 2.26 bits per heavy atom. The van der Waals surface area contributed by atoms with Gasteiger partial charge in [0.1, 0.15) is 6.04 Å². The Hall–Kier alpha value is -2.96. The number of nitrogens with one attached hydrogen (secondary N) is 1. The molecule has 1 aromatic heterocycles. The summed E-state index contributed by atoms with van der Waals surface area (Å²) in [5.74, 6) is -0.911. The maximum atomic E-state index is 13.5. The van der Waals surface area contributed by atoms with Gasteiger partial charge in [0.05, 0.1) is 23.7 Å². The molecule has 31 heavy (non-hydrogen) atoms. The van der Waals surface area contributed by atoms with Crippen LogP contribution >= 0.6 is 27.5 Å². The van der Waals surface area contributed by atoms with E-state index in [9.17, 15) is 9.59 Å². The number of carbonyl (C=O) groups excluding carboxylic acids is 2. The lowest BCUT2D eigenvalue weighted by Gasteiger charge is -2.19. The molecule has 0 saturated heterocycles. The minimum absolute atomic E-state index is 0.223. The predicted molar refractivity (Wildman–Crippen MR) is 125 cm³/mol. The Morgan fingerprint density at radius 1 is 1.03 bits per heavy atom. The Morgan fingerprint density at radius 2 is 1.65 bits per heavy atom. The van der Waals surface area contributed by atoms with Crippen molar-refractivity contribution >= 4 is 61.2 Å². The van der Waals surface area contributed by atoms with Crippen molar-refractivity contribution < 1.29 is 14.3 Å². The van der Waals surface area contributed by atoms with E-state index < -0.39 is 12.0 Å². The molecule has 4 rings (SSSR count). The number of benzene rings is 3. The molecule has 1 N–H and O–H groups in total. The van der Waals surface area contributed by atoms with Gasteiger partial charge in [0.25, 0.3) is 5.91 Å². The second-order valence-electron chi connectivity index (χ2n) is 7.01. The number of aromatic nitrogens is 1. The van der Waals surface area contributed by atoms with Crippen LogP contribution in [-0.2, 0) is 16.0 Å². The van der Waals surface area contributed by atoms with E-state index in [1.54, 1.807) is 18.2 Å². The first-order chi connectivity index (χ1) is 15.0. The summed E-state index contributed by atoms with van der Waals surface area (Å²) in [5, 5.41) is 4.83. The summed E-state index contributed by atoms with van der Waals surface area (Å²) in [4.78, 5) is 30.6. The van der Waals surface area contributed by atoms with Crippen molar-refractivity contribution in [1.29, 1.82) is 0 Å². The highest BCUT2D eigenvalue weighted by molar-refractivity contribution is 9.10. The Kier molecular flexibility index (Phi) is 6.20. The van der Waals surface area contributed by atoms with Crippen LogP contribution < -0.4 is 5.32 Å². The van der Waals surface area contributed by atoms with Crippen molar-refractivity contribution in [3.8, 4) is 0 Å². The number of para-hydroxylation sites is 2. The number of ether oxygens (including phenoxy) is 1. The molecule has 1 atom stereocenters. The van der Waals surface area contributed by atoms with Crippen LogP contribution in [0.3, 0.4) is 0 Å². The second kappa shape index (κ2) is 9.04. The number of pyridine rings is 1. The van der Waals surface area contributed by atoms with Crippen LogP contribution in [0.5, 0.6) is 0 Å². The zero-order valence-electron chi connectivity index (χ0n) is 16.6. The number of methoxy groups -OCH3 is 1. The minimum Gasteiger partial charge on any atom is -0.467 e. The van der Waals surface area contributed by atoms with Gasteiger partial charge in [0.2, 0.25) is 0 Å². The van der Waals surface area contributed by atoms with Gasteiger partial charge in [-0.05, 0) is 35.9 Å². The first kappa shape index (κ1) is 21.3. The van der Waals surface area contributed by atoms with Gasteiger partial charge < -0.3 is 10.1 Å². The average molecular weight is 498 g/mol. The van der Waals surface area contributed by atoms with E-state index in [0.717, 1.165) is 10.0 Å². The number of halogens is 2. The van der Waals surface area contributed by atoms with Crippen LogP contribution in [-0.4, -0.2) is 30.0 Å². The van der Waals surface area contributed by atoms with Gasteiger partial charge in [-0.2, -0.15) is 0 Å². The van der Waals surface area contributed by atoms with Crippen molar-refractivity contribution in [1.82, 2.24) is 10.3 Å². The number of fused-ring (bicyclic) bond motifs is 2. The normalized spacial score (nSPS) is 12.0. The third kappa shape index (κ3) is 4.40. The molecule has 7 heteroatoms. The molecule has 0 aliphatic rings. The SMILES string of the molecule is COC(=O)[C@@H](Cc1cc(Cl)ccc1Br)NC(=O)c1c2ccccc2nc2ccccc12. The van der Waals surface area contributed by atoms with Gasteiger partial charge in [-0.1, -0.05) is 63.9 Å². The Balaban J connectivity index is 1.76. The van der Waals surface area contributed by atoms with E-state index in [0.29, 0.717) is 32.4 Å².